The van der Waals surface area contributed by atoms with Crippen LogP contribution in [-0.4, -0.2) is 30.6 Å². The van der Waals surface area contributed by atoms with Crippen molar-refractivity contribution in [2.24, 2.45) is 11.7 Å². The van der Waals surface area contributed by atoms with E-state index in [4.69, 9.17) is 5.73 Å². The van der Waals surface area contributed by atoms with Crippen LogP contribution >= 0.6 is 0 Å². The number of hydrogen-bond acceptors (Lipinski definition) is 2. The summed E-state index contributed by atoms with van der Waals surface area (Å²) in [6, 6.07) is 0.684. The van der Waals surface area contributed by atoms with Gasteiger partial charge in [0.25, 0.3) is 0 Å². The molecule has 0 aromatic carbocycles. The van der Waals surface area contributed by atoms with Crippen LogP contribution in [-0.2, 0) is 0 Å². The summed E-state index contributed by atoms with van der Waals surface area (Å²) in [5, 5.41) is 0. The minimum absolute atomic E-state index is 0.684. The van der Waals surface area contributed by atoms with Gasteiger partial charge in [0, 0.05) is 12.6 Å². The first-order chi connectivity index (χ1) is 7.90. The molecule has 0 amide bonds. The zero-order chi connectivity index (χ0) is 11.2. The lowest BCUT2D eigenvalue weighted by molar-refractivity contribution is 0.135. The Morgan fingerprint density at radius 2 is 1.56 bits per heavy atom. The van der Waals surface area contributed by atoms with Crippen LogP contribution in [0.5, 0.6) is 0 Å². The molecule has 94 valence electrons. The van der Waals surface area contributed by atoms with Gasteiger partial charge in [-0.3, -0.25) is 4.90 Å². The molecule has 0 spiro atoms. The molecule has 2 fully saturated rings. The number of nitrogens with two attached hydrogens (primary N) is 1. The third-order valence-electron chi connectivity index (χ3n) is 4.51. The van der Waals surface area contributed by atoms with E-state index in [2.05, 4.69) is 4.90 Å². The van der Waals surface area contributed by atoms with E-state index in [1.54, 1.807) is 0 Å². The van der Waals surface area contributed by atoms with Gasteiger partial charge in [-0.1, -0.05) is 38.5 Å². The maximum absolute atomic E-state index is 5.98. The summed E-state index contributed by atoms with van der Waals surface area (Å²) in [5.41, 5.74) is 5.98. The second kappa shape index (κ2) is 6.61. The number of rotatable bonds is 4. The summed E-state index contributed by atoms with van der Waals surface area (Å²) in [6.07, 6.45) is 12.9. The highest BCUT2D eigenvalue weighted by molar-refractivity contribution is 4.79. The third-order valence-corrected chi connectivity index (χ3v) is 4.51. The molecule has 0 radical (unpaired) electrons. The fourth-order valence-electron chi connectivity index (χ4n) is 3.49. The summed E-state index contributed by atoms with van der Waals surface area (Å²) in [7, 11) is 0. The van der Waals surface area contributed by atoms with Crippen molar-refractivity contribution in [2.45, 2.75) is 63.8 Å². The van der Waals surface area contributed by atoms with Crippen molar-refractivity contribution >= 4 is 0 Å². The topological polar surface area (TPSA) is 29.3 Å². The molecule has 2 aliphatic rings. The predicted molar refractivity (Wildman–Crippen MR) is 69.5 cm³/mol. The molecule has 0 aromatic rings. The standard InChI is InChI=1S/C14H28N2/c15-12-14(16-9-5-2-6-10-16)11-13-7-3-1-4-8-13/h13-14H,1-12,15H2. The molecule has 2 N–H and O–H groups in total. The Hall–Kier alpha value is -0.0800. The van der Waals surface area contributed by atoms with Crippen LogP contribution in [0.15, 0.2) is 0 Å². The highest BCUT2D eigenvalue weighted by Crippen LogP contribution is 2.29. The molecule has 0 bridgehead atoms. The Bertz CT molecular complexity index is 181. The normalized spacial score (nSPS) is 26.8. The smallest absolute Gasteiger partial charge is 0.0221 e. The van der Waals surface area contributed by atoms with Crippen molar-refractivity contribution in [3.63, 3.8) is 0 Å². The number of hydrogen-bond donors (Lipinski definition) is 1. The zero-order valence-electron chi connectivity index (χ0n) is 10.7. The highest BCUT2D eigenvalue weighted by atomic mass is 15.2. The van der Waals surface area contributed by atoms with Gasteiger partial charge >= 0.3 is 0 Å². The Morgan fingerprint density at radius 1 is 0.938 bits per heavy atom. The molecule has 1 saturated carbocycles. The summed E-state index contributed by atoms with van der Waals surface area (Å²) in [6.45, 7) is 3.47. The van der Waals surface area contributed by atoms with Gasteiger partial charge in [-0.05, 0) is 38.3 Å². The Kier molecular flexibility index (Phi) is 5.11. The van der Waals surface area contributed by atoms with Crippen LogP contribution in [0.3, 0.4) is 0 Å². The van der Waals surface area contributed by atoms with Crippen molar-refractivity contribution in [1.29, 1.82) is 0 Å². The molecule has 1 saturated heterocycles. The van der Waals surface area contributed by atoms with Crippen LogP contribution < -0.4 is 5.73 Å². The Labute approximate surface area is 101 Å². The summed E-state index contributed by atoms with van der Waals surface area (Å²) < 4.78 is 0. The lowest BCUT2D eigenvalue weighted by Gasteiger charge is -2.36. The van der Waals surface area contributed by atoms with Crippen molar-refractivity contribution in [1.82, 2.24) is 4.90 Å². The van der Waals surface area contributed by atoms with Gasteiger partial charge in [-0.2, -0.15) is 0 Å². The maximum Gasteiger partial charge on any atom is 0.0221 e. The second-order valence-electron chi connectivity index (χ2n) is 5.73. The first-order valence-electron chi connectivity index (χ1n) is 7.34. The molecule has 2 rings (SSSR count). The average Bonchev–Trinajstić information content (AvgIpc) is 2.38. The minimum Gasteiger partial charge on any atom is -0.329 e. The van der Waals surface area contributed by atoms with Gasteiger partial charge in [0.15, 0.2) is 0 Å². The SMILES string of the molecule is NCC(CC1CCCCC1)N1CCCCC1. The fourth-order valence-corrected chi connectivity index (χ4v) is 3.49. The van der Waals surface area contributed by atoms with Crippen LogP contribution in [0.25, 0.3) is 0 Å². The number of likely N-dealkylation sites (tertiary alicyclic amines) is 1. The van der Waals surface area contributed by atoms with Gasteiger partial charge in [-0.25, -0.2) is 0 Å². The van der Waals surface area contributed by atoms with E-state index in [-0.39, 0.29) is 0 Å². The molecule has 2 nitrogen and oxygen atoms in total. The molecule has 1 aliphatic carbocycles. The summed E-state index contributed by atoms with van der Waals surface area (Å²) in [4.78, 5) is 2.66. The molecule has 0 aromatic heterocycles. The average molecular weight is 224 g/mol. The van der Waals surface area contributed by atoms with Crippen molar-refractivity contribution < 1.29 is 0 Å². The van der Waals surface area contributed by atoms with E-state index in [1.807, 2.05) is 0 Å². The van der Waals surface area contributed by atoms with E-state index in [1.165, 1.54) is 70.9 Å². The van der Waals surface area contributed by atoms with Crippen LogP contribution in [0.2, 0.25) is 0 Å². The Balaban J connectivity index is 1.78. The second-order valence-corrected chi connectivity index (χ2v) is 5.73. The maximum atomic E-state index is 5.98. The quantitative estimate of drug-likeness (QED) is 0.795. The monoisotopic (exact) mass is 224 g/mol. The largest absolute Gasteiger partial charge is 0.329 e. The molecule has 1 aliphatic heterocycles. The Morgan fingerprint density at radius 3 is 2.19 bits per heavy atom. The van der Waals surface area contributed by atoms with Crippen LogP contribution in [0, 0.1) is 5.92 Å². The summed E-state index contributed by atoms with van der Waals surface area (Å²) >= 11 is 0. The number of nitrogens with zero attached hydrogens (tertiary/aromatic N) is 1. The van der Waals surface area contributed by atoms with Gasteiger partial charge in [-0.15, -0.1) is 0 Å². The lowest BCUT2D eigenvalue weighted by atomic mass is 9.84. The van der Waals surface area contributed by atoms with Gasteiger partial charge in [0.05, 0.1) is 0 Å². The molecule has 16 heavy (non-hydrogen) atoms. The molecule has 1 heterocycles. The predicted octanol–water partition coefficient (Wildman–Crippen LogP) is 2.77. The van der Waals surface area contributed by atoms with Crippen molar-refractivity contribution in [2.75, 3.05) is 19.6 Å². The van der Waals surface area contributed by atoms with E-state index in [0.717, 1.165) is 12.5 Å². The molecule has 2 heteroatoms. The van der Waals surface area contributed by atoms with E-state index < -0.39 is 0 Å². The molecule has 1 atom stereocenters. The van der Waals surface area contributed by atoms with Crippen molar-refractivity contribution in [3.8, 4) is 0 Å². The van der Waals surface area contributed by atoms with E-state index >= 15 is 0 Å². The van der Waals surface area contributed by atoms with Gasteiger partial charge in [0.1, 0.15) is 0 Å². The van der Waals surface area contributed by atoms with E-state index in [9.17, 15) is 0 Å². The van der Waals surface area contributed by atoms with Gasteiger partial charge in [0.2, 0.25) is 0 Å². The first kappa shape index (κ1) is 12.4. The lowest BCUT2D eigenvalue weighted by Crippen LogP contribution is -2.44. The molecular weight excluding hydrogens is 196 g/mol. The zero-order valence-corrected chi connectivity index (χ0v) is 10.7. The molecule has 1 unspecified atom stereocenters. The fraction of sp³-hybridized carbons (Fsp3) is 1.00. The summed E-state index contributed by atoms with van der Waals surface area (Å²) in [5.74, 6) is 0.976. The van der Waals surface area contributed by atoms with Crippen LogP contribution in [0.1, 0.15) is 57.8 Å². The highest BCUT2D eigenvalue weighted by Gasteiger charge is 2.23. The van der Waals surface area contributed by atoms with Crippen molar-refractivity contribution in [3.05, 3.63) is 0 Å². The van der Waals surface area contributed by atoms with Crippen LogP contribution in [0.4, 0.5) is 0 Å². The minimum atomic E-state index is 0.684. The number of piperidine rings is 1. The first-order valence-corrected chi connectivity index (χ1v) is 7.34. The van der Waals surface area contributed by atoms with Gasteiger partial charge < -0.3 is 5.73 Å². The third kappa shape index (κ3) is 3.46. The van der Waals surface area contributed by atoms with E-state index in [0.29, 0.717) is 6.04 Å². The molecular formula is C14H28N2.